The molecule has 0 aliphatic heterocycles. The van der Waals surface area contributed by atoms with Crippen LogP contribution in [0.2, 0.25) is 0 Å². The van der Waals surface area contributed by atoms with Crippen molar-refractivity contribution in [1.82, 2.24) is 5.32 Å². The van der Waals surface area contributed by atoms with Crippen molar-refractivity contribution in [2.75, 3.05) is 18.9 Å². The number of carbonyl (C=O) groups excluding carboxylic acids is 1. The third-order valence-electron chi connectivity index (χ3n) is 3.64. The molecular formula is C16H24N2O2. The number of hydrogen-bond donors (Lipinski definition) is 2. The fourth-order valence-corrected chi connectivity index (χ4v) is 2.66. The SMILES string of the molecule is CCCOCCC(=O)NC1CCCc2cc(N)ccc21. The van der Waals surface area contributed by atoms with Crippen LogP contribution in [0.4, 0.5) is 5.69 Å². The largest absolute Gasteiger partial charge is 0.399 e. The van der Waals surface area contributed by atoms with Crippen LogP contribution in [0, 0.1) is 0 Å². The highest BCUT2D eigenvalue weighted by molar-refractivity contribution is 5.76. The van der Waals surface area contributed by atoms with Gasteiger partial charge in [-0.2, -0.15) is 0 Å². The minimum atomic E-state index is 0.0655. The van der Waals surface area contributed by atoms with Crippen molar-refractivity contribution in [3.8, 4) is 0 Å². The Balaban J connectivity index is 1.89. The Bertz CT molecular complexity index is 460. The van der Waals surface area contributed by atoms with E-state index in [1.165, 1.54) is 11.1 Å². The number of nitrogen functional groups attached to an aromatic ring is 1. The first-order chi connectivity index (χ1) is 9.70. The third-order valence-corrected chi connectivity index (χ3v) is 3.64. The van der Waals surface area contributed by atoms with Crippen LogP contribution in [-0.4, -0.2) is 19.1 Å². The van der Waals surface area contributed by atoms with E-state index in [2.05, 4.69) is 12.2 Å². The molecule has 1 aromatic carbocycles. The van der Waals surface area contributed by atoms with Crippen LogP contribution < -0.4 is 11.1 Å². The number of nitrogens with one attached hydrogen (secondary N) is 1. The Labute approximate surface area is 120 Å². The molecule has 20 heavy (non-hydrogen) atoms. The molecule has 1 aliphatic carbocycles. The molecular weight excluding hydrogens is 252 g/mol. The van der Waals surface area contributed by atoms with Gasteiger partial charge in [-0.15, -0.1) is 0 Å². The molecule has 1 amide bonds. The van der Waals surface area contributed by atoms with Crippen LogP contribution in [0.15, 0.2) is 18.2 Å². The summed E-state index contributed by atoms with van der Waals surface area (Å²) in [6.45, 7) is 3.28. The molecule has 0 aromatic heterocycles. The average molecular weight is 276 g/mol. The number of rotatable bonds is 6. The molecule has 110 valence electrons. The van der Waals surface area contributed by atoms with Gasteiger partial charge in [0, 0.05) is 18.7 Å². The average Bonchev–Trinajstić information content (AvgIpc) is 2.43. The Kier molecular flexibility index (Phi) is 5.41. The van der Waals surface area contributed by atoms with Crippen LogP contribution in [0.5, 0.6) is 0 Å². The minimum Gasteiger partial charge on any atom is -0.399 e. The molecule has 0 saturated heterocycles. The molecule has 1 unspecified atom stereocenters. The number of carbonyl (C=O) groups is 1. The maximum atomic E-state index is 11.9. The molecule has 1 aromatic rings. The lowest BCUT2D eigenvalue weighted by Gasteiger charge is -2.26. The van der Waals surface area contributed by atoms with Gasteiger partial charge < -0.3 is 15.8 Å². The number of aryl methyl sites for hydroxylation is 1. The highest BCUT2D eigenvalue weighted by Crippen LogP contribution is 2.30. The van der Waals surface area contributed by atoms with E-state index in [1.54, 1.807) is 0 Å². The van der Waals surface area contributed by atoms with Crippen molar-refractivity contribution >= 4 is 11.6 Å². The predicted molar refractivity (Wildman–Crippen MR) is 80.4 cm³/mol. The highest BCUT2D eigenvalue weighted by atomic mass is 16.5. The van der Waals surface area contributed by atoms with Crippen molar-refractivity contribution in [3.05, 3.63) is 29.3 Å². The molecule has 0 radical (unpaired) electrons. The monoisotopic (exact) mass is 276 g/mol. The number of nitrogens with two attached hydrogens (primary N) is 1. The summed E-state index contributed by atoms with van der Waals surface area (Å²) in [5.41, 5.74) is 9.10. The zero-order valence-electron chi connectivity index (χ0n) is 12.2. The number of anilines is 1. The molecule has 0 spiro atoms. The third kappa shape index (κ3) is 3.97. The van der Waals surface area contributed by atoms with Gasteiger partial charge in [0.25, 0.3) is 0 Å². The van der Waals surface area contributed by atoms with Crippen LogP contribution in [-0.2, 0) is 16.0 Å². The first-order valence-corrected chi connectivity index (χ1v) is 7.46. The first-order valence-electron chi connectivity index (χ1n) is 7.46. The van der Waals surface area contributed by atoms with E-state index >= 15 is 0 Å². The van der Waals surface area contributed by atoms with Crippen LogP contribution >= 0.6 is 0 Å². The van der Waals surface area contributed by atoms with E-state index in [-0.39, 0.29) is 11.9 Å². The van der Waals surface area contributed by atoms with Crippen molar-refractivity contribution in [2.45, 2.75) is 45.1 Å². The summed E-state index contributed by atoms with van der Waals surface area (Å²) in [5, 5.41) is 3.11. The molecule has 0 saturated carbocycles. The second-order valence-corrected chi connectivity index (χ2v) is 5.33. The van der Waals surface area contributed by atoms with Gasteiger partial charge in [-0.3, -0.25) is 4.79 Å². The standard InChI is InChI=1S/C16H24N2O2/c1-2-9-20-10-8-16(19)18-15-5-3-4-12-11-13(17)6-7-14(12)15/h6-7,11,15H,2-5,8-10,17H2,1H3,(H,18,19). The number of fused-ring (bicyclic) bond motifs is 1. The van der Waals surface area contributed by atoms with Gasteiger partial charge in [-0.1, -0.05) is 13.0 Å². The molecule has 0 bridgehead atoms. The maximum Gasteiger partial charge on any atom is 0.222 e. The fourth-order valence-electron chi connectivity index (χ4n) is 2.66. The molecule has 4 heteroatoms. The number of benzene rings is 1. The van der Waals surface area contributed by atoms with E-state index in [9.17, 15) is 4.79 Å². The molecule has 4 nitrogen and oxygen atoms in total. The maximum absolute atomic E-state index is 11.9. The summed E-state index contributed by atoms with van der Waals surface area (Å²) in [4.78, 5) is 11.9. The Morgan fingerprint density at radius 1 is 1.45 bits per heavy atom. The lowest BCUT2D eigenvalue weighted by molar-refractivity contribution is -0.123. The number of hydrogen-bond acceptors (Lipinski definition) is 3. The summed E-state index contributed by atoms with van der Waals surface area (Å²) in [6, 6.07) is 6.10. The van der Waals surface area contributed by atoms with Gasteiger partial charge in [0.05, 0.1) is 12.6 Å². The Morgan fingerprint density at radius 3 is 3.10 bits per heavy atom. The van der Waals surface area contributed by atoms with E-state index in [4.69, 9.17) is 10.5 Å². The van der Waals surface area contributed by atoms with E-state index in [0.29, 0.717) is 13.0 Å². The first kappa shape index (κ1) is 14.9. The molecule has 2 rings (SSSR count). The smallest absolute Gasteiger partial charge is 0.222 e. The molecule has 3 N–H and O–H groups in total. The van der Waals surface area contributed by atoms with E-state index < -0.39 is 0 Å². The van der Waals surface area contributed by atoms with Crippen molar-refractivity contribution in [2.24, 2.45) is 0 Å². The van der Waals surface area contributed by atoms with Gasteiger partial charge in [0.15, 0.2) is 0 Å². The quantitative estimate of drug-likeness (QED) is 0.620. The van der Waals surface area contributed by atoms with E-state index in [1.807, 2.05) is 18.2 Å². The van der Waals surface area contributed by atoms with E-state index in [0.717, 1.165) is 38.0 Å². The molecule has 0 fully saturated rings. The number of amides is 1. The number of ether oxygens (including phenoxy) is 1. The zero-order chi connectivity index (χ0) is 14.4. The van der Waals surface area contributed by atoms with Crippen LogP contribution in [0.1, 0.15) is 49.8 Å². The topological polar surface area (TPSA) is 64.3 Å². The van der Waals surface area contributed by atoms with Crippen molar-refractivity contribution in [1.29, 1.82) is 0 Å². The van der Waals surface area contributed by atoms with Gasteiger partial charge in [-0.25, -0.2) is 0 Å². The Hall–Kier alpha value is -1.55. The van der Waals surface area contributed by atoms with Crippen LogP contribution in [0.3, 0.4) is 0 Å². The van der Waals surface area contributed by atoms with Gasteiger partial charge >= 0.3 is 0 Å². The molecule has 0 heterocycles. The lowest BCUT2D eigenvalue weighted by atomic mass is 9.87. The summed E-state index contributed by atoms with van der Waals surface area (Å²) in [7, 11) is 0. The summed E-state index contributed by atoms with van der Waals surface area (Å²) >= 11 is 0. The second-order valence-electron chi connectivity index (χ2n) is 5.33. The van der Waals surface area contributed by atoms with Crippen molar-refractivity contribution < 1.29 is 9.53 Å². The fraction of sp³-hybridized carbons (Fsp3) is 0.562. The summed E-state index contributed by atoms with van der Waals surface area (Å²) in [5.74, 6) is 0.0655. The summed E-state index contributed by atoms with van der Waals surface area (Å²) in [6.07, 6.45) is 4.55. The lowest BCUT2D eigenvalue weighted by Crippen LogP contribution is -2.31. The van der Waals surface area contributed by atoms with Crippen LogP contribution in [0.25, 0.3) is 0 Å². The normalized spacial score (nSPS) is 17.6. The van der Waals surface area contributed by atoms with Gasteiger partial charge in [0.2, 0.25) is 5.91 Å². The predicted octanol–water partition coefficient (Wildman–Crippen LogP) is 2.58. The summed E-state index contributed by atoms with van der Waals surface area (Å²) < 4.78 is 5.35. The van der Waals surface area contributed by atoms with Gasteiger partial charge in [-0.05, 0) is 48.9 Å². The van der Waals surface area contributed by atoms with Gasteiger partial charge in [0.1, 0.15) is 0 Å². The second kappa shape index (κ2) is 7.29. The van der Waals surface area contributed by atoms with Crippen molar-refractivity contribution in [3.63, 3.8) is 0 Å². The molecule has 1 aliphatic rings. The molecule has 1 atom stereocenters. The minimum absolute atomic E-state index is 0.0655. The highest BCUT2D eigenvalue weighted by Gasteiger charge is 2.21. The Morgan fingerprint density at radius 2 is 2.30 bits per heavy atom. The zero-order valence-corrected chi connectivity index (χ0v) is 12.2.